The average molecular weight is 498 g/mol. The van der Waals surface area contributed by atoms with Crippen molar-refractivity contribution in [2.24, 2.45) is 0 Å². The maximum Gasteiger partial charge on any atom is 0.460 e. The molecule has 0 saturated heterocycles. The third-order valence-electron chi connectivity index (χ3n) is 2.77. The van der Waals surface area contributed by atoms with Crippen LogP contribution in [0.1, 0.15) is 0 Å². The Hall–Kier alpha value is -1.25. The summed E-state index contributed by atoms with van der Waals surface area (Å²) in [6.45, 7) is 0. The number of halogens is 16. The van der Waals surface area contributed by atoms with Gasteiger partial charge in [0.2, 0.25) is 0 Å². The molecule has 0 rings (SSSR count). The molecule has 1 N–H and O–H groups in total. The highest BCUT2D eigenvalue weighted by Gasteiger charge is 2.90. The fraction of sp³-hybridized carbons (Fsp3) is 1.00. The molecule has 0 aliphatic carbocycles. The molecule has 0 aliphatic heterocycles. The summed E-state index contributed by atoms with van der Waals surface area (Å²) in [5.41, 5.74) is 0. The van der Waals surface area contributed by atoms with Gasteiger partial charge in [0.1, 0.15) is 0 Å². The van der Waals surface area contributed by atoms with Gasteiger partial charge in [0.25, 0.3) is 0 Å². The normalized spacial score (nSPS) is 16.5. The molecule has 0 radical (unpaired) electrons. The van der Waals surface area contributed by atoms with E-state index in [1.165, 1.54) is 4.74 Å². The highest BCUT2D eigenvalue weighted by atomic mass is 32.2. The molecular formula is C8H2F16O4S. The van der Waals surface area contributed by atoms with E-state index in [-0.39, 0.29) is 0 Å². The first-order valence-electron chi connectivity index (χ1n) is 5.75. The van der Waals surface area contributed by atoms with Crippen molar-refractivity contribution in [2.45, 2.75) is 47.6 Å². The smallest absolute Gasteiger partial charge is 0.281 e. The molecule has 0 atom stereocenters. The molecule has 176 valence electrons. The molecule has 0 aliphatic rings. The molecule has 0 aromatic carbocycles. The van der Waals surface area contributed by atoms with Crippen LogP contribution in [0, 0.1) is 0 Å². The zero-order chi connectivity index (χ0) is 24.3. The second-order valence-electron chi connectivity index (χ2n) is 4.77. The maximum atomic E-state index is 13.0. The first-order chi connectivity index (χ1) is 12.2. The molecule has 0 spiro atoms. The predicted molar refractivity (Wildman–Crippen MR) is 53.3 cm³/mol. The lowest BCUT2D eigenvalue weighted by molar-refractivity contribution is -0.497. The first-order valence-corrected chi connectivity index (χ1v) is 7.19. The topological polar surface area (TPSA) is 63.6 Å². The van der Waals surface area contributed by atoms with E-state index in [4.69, 9.17) is 4.55 Å². The van der Waals surface area contributed by atoms with Crippen molar-refractivity contribution in [2.75, 3.05) is 0 Å². The van der Waals surface area contributed by atoms with Crippen LogP contribution in [0.5, 0.6) is 0 Å². The summed E-state index contributed by atoms with van der Waals surface area (Å²) in [5, 5.41) is -7.30. The Morgan fingerprint density at radius 1 is 0.621 bits per heavy atom. The molecule has 0 aromatic heterocycles. The van der Waals surface area contributed by atoms with Crippen LogP contribution in [0.3, 0.4) is 0 Å². The van der Waals surface area contributed by atoms with Crippen LogP contribution < -0.4 is 0 Å². The third kappa shape index (κ3) is 3.91. The van der Waals surface area contributed by atoms with Crippen LogP contribution in [0.15, 0.2) is 0 Å². The molecule has 21 heteroatoms. The Morgan fingerprint density at radius 2 is 0.966 bits per heavy atom. The molecule has 0 amide bonds. The Kier molecular flexibility index (Phi) is 6.59. The van der Waals surface area contributed by atoms with Crippen LogP contribution >= 0.6 is 0 Å². The number of ether oxygens (including phenoxy) is 1. The summed E-state index contributed by atoms with van der Waals surface area (Å²) in [6.07, 6.45) is -21.5. The molecule has 0 fully saturated rings. The van der Waals surface area contributed by atoms with Crippen LogP contribution in [-0.4, -0.2) is 60.6 Å². The van der Waals surface area contributed by atoms with Gasteiger partial charge >= 0.3 is 57.7 Å². The van der Waals surface area contributed by atoms with E-state index in [1.54, 1.807) is 0 Å². The van der Waals surface area contributed by atoms with Crippen molar-refractivity contribution in [3.63, 3.8) is 0 Å². The van der Waals surface area contributed by atoms with Crippen molar-refractivity contribution in [1.29, 1.82) is 0 Å². The van der Waals surface area contributed by atoms with E-state index in [0.29, 0.717) is 0 Å². The van der Waals surface area contributed by atoms with E-state index in [0.717, 1.165) is 0 Å². The van der Waals surface area contributed by atoms with E-state index in [2.05, 4.69) is 0 Å². The van der Waals surface area contributed by atoms with Gasteiger partial charge in [-0.15, -0.1) is 0 Å². The molecular weight excluding hydrogens is 496 g/mol. The number of hydrogen-bond acceptors (Lipinski definition) is 3. The minimum atomic E-state index is -8.40. The first kappa shape index (κ1) is 27.8. The van der Waals surface area contributed by atoms with Crippen molar-refractivity contribution in [3.05, 3.63) is 0 Å². The molecule has 0 unspecified atom stereocenters. The molecule has 0 aromatic rings. The lowest BCUT2D eigenvalue weighted by Gasteiger charge is -2.39. The average Bonchev–Trinajstić information content (AvgIpc) is 2.43. The van der Waals surface area contributed by atoms with Crippen LogP contribution in [-0.2, 0) is 14.9 Å². The van der Waals surface area contributed by atoms with Gasteiger partial charge in [-0.25, -0.2) is 13.5 Å². The van der Waals surface area contributed by atoms with Gasteiger partial charge in [0.05, 0.1) is 0 Å². The number of alkyl halides is 16. The summed E-state index contributed by atoms with van der Waals surface area (Å²) in [6, 6.07) is 0. The van der Waals surface area contributed by atoms with E-state index < -0.39 is 57.7 Å². The van der Waals surface area contributed by atoms with Crippen molar-refractivity contribution in [3.8, 4) is 0 Å². The Bertz CT molecular complexity index is 712. The second kappa shape index (κ2) is 6.89. The van der Waals surface area contributed by atoms with Gasteiger partial charge in [-0.2, -0.15) is 69.9 Å². The van der Waals surface area contributed by atoms with Crippen LogP contribution in [0.4, 0.5) is 70.2 Å². The summed E-state index contributed by atoms with van der Waals surface area (Å²) in [4.78, 5) is 0. The Labute approximate surface area is 147 Å². The van der Waals surface area contributed by atoms with Gasteiger partial charge < -0.3 is 0 Å². The number of hydrogen-bond donors (Lipinski definition) is 1. The molecule has 0 bridgehead atoms. The van der Waals surface area contributed by atoms with E-state index >= 15 is 0 Å². The summed E-state index contributed by atoms with van der Waals surface area (Å²) in [5.74, 6) is -32.4. The highest BCUT2D eigenvalue weighted by Crippen LogP contribution is 2.59. The van der Waals surface area contributed by atoms with Crippen LogP contribution in [0.25, 0.3) is 0 Å². The minimum Gasteiger partial charge on any atom is -0.281 e. The summed E-state index contributed by atoms with van der Waals surface area (Å²) < 4.78 is 231. The molecule has 4 nitrogen and oxygen atoms in total. The second-order valence-corrected chi connectivity index (χ2v) is 6.24. The van der Waals surface area contributed by atoms with Gasteiger partial charge in [-0.05, 0) is 0 Å². The zero-order valence-corrected chi connectivity index (χ0v) is 13.0. The molecule has 0 heterocycles. The summed E-state index contributed by atoms with van der Waals surface area (Å²) >= 11 is 0. The van der Waals surface area contributed by atoms with Gasteiger partial charge in [0.15, 0.2) is 0 Å². The van der Waals surface area contributed by atoms with Gasteiger partial charge in [0, 0.05) is 0 Å². The molecule has 0 saturated carbocycles. The number of rotatable bonds is 9. The lowest BCUT2D eigenvalue weighted by atomic mass is 9.98. The standard InChI is InChI=1S/C8H2F16O4S/c9-1(10)2(11,12)3(13,14)4(15,16)5(17,18)6(19,20)28-7(21,22)8(23,24)29(25,26)27/h1H,(H,25,26,27). The SMILES string of the molecule is O=S(=O)(O)C(F)(F)C(F)(F)OC(F)(F)C(F)(F)C(F)(F)C(F)(F)C(F)(F)C(F)F. The van der Waals surface area contributed by atoms with Crippen molar-refractivity contribution >= 4 is 10.1 Å². The zero-order valence-electron chi connectivity index (χ0n) is 12.2. The fourth-order valence-corrected chi connectivity index (χ4v) is 1.50. The van der Waals surface area contributed by atoms with Crippen LogP contribution in [0.2, 0.25) is 0 Å². The third-order valence-corrected chi connectivity index (χ3v) is 3.65. The van der Waals surface area contributed by atoms with Gasteiger partial charge in [-0.1, -0.05) is 0 Å². The highest BCUT2D eigenvalue weighted by molar-refractivity contribution is 7.86. The van der Waals surface area contributed by atoms with Crippen molar-refractivity contribution < 1.29 is 88.0 Å². The lowest BCUT2D eigenvalue weighted by Crippen LogP contribution is -2.70. The predicted octanol–water partition coefficient (Wildman–Crippen LogP) is 4.48. The van der Waals surface area contributed by atoms with E-state index in [9.17, 15) is 78.7 Å². The van der Waals surface area contributed by atoms with Gasteiger partial charge in [-0.3, -0.25) is 4.55 Å². The largest absolute Gasteiger partial charge is 0.460 e. The fourth-order valence-electron chi connectivity index (χ4n) is 1.16. The quantitative estimate of drug-likeness (QED) is 0.377. The molecule has 29 heavy (non-hydrogen) atoms. The Balaban J connectivity index is 6.43. The van der Waals surface area contributed by atoms with E-state index in [1.807, 2.05) is 0 Å². The Morgan fingerprint density at radius 3 is 1.24 bits per heavy atom. The minimum absolute atomic E-state index is 1.18. The monoisotopic (exact) mass is 498 g/mol. The summed E-state index contributed by atoms with van der Waals surface area (Å²) in [7, 11) is -7.52. The maximum absolute atomic E-state index is 13.0. The van der Waals surface area contributed by atoms with Crippen molar-refractivity contribution in [1.82, 2.24) is 0 Å².